The van der Waals surface area contributed by atoms with Crippen molar-refractivity contribution in [2.24, 2.45) is 0 Å². The summed E-state index contributed by atoms with van der Waals surface area (Å²) in [4.78, 5) is 24.6. The van der Waals surface area contributed by atoms with E-state index in [9.17, 15) is 25.1 Å². The predicted molar refractivity (Wildman–Crippen MR) is 120 cm³/mol. The minimum atomic E-state index is -1.16. The Labute approximate surface area is 188 Å². The van der Waals surface area contributed by atoms with Crippen LogP contribution in [0.15, 0.2) is 47.2 Å². The van der Waals surface area contributed by atoms with E-state index in [1.54, 1.807) is 29.2 Å². The topological polar surface area (TPSA) is 138 Å². The van der Waals surface area contributed by atoms with Crippen molar-refractivity contribution in [2.75, 3.05) is 10.7 Å². The minimum absolute atomic E-state index is 0.0181. The Hall–Kier alpha value is -2.96. The van der Waals surface area contributed by atoms with Crippen molar-refractivity contribution in [1.82, 2.24) is 5.32 Å². The number of hydrogen-bond acceptors (Lipinski definition) is 6. The van der Waals surface area contributed by atoms with Crippen LogP contribution in [0.1, 0.15) is 20.3 Å². The summed E-state index contributed by atoms with van der Waals surface area (Å²) < 4.78 is 0. The van der Waals surface area contributed by atoms with E-state index in [0.29, 0.717) is 16.3 Å². The van der Waals surface area contributed by atoms with E-state index < -0.39 is 28.7 Å². The summed E-state index contributed by atoms with van der Waals surface area (Å²) in [5.41, 5.74) is 0.326. The number of amidine groups is 1. The lowest BCUT2D eigenvalue weighted by atomic mass is 9.81. The first kappa shape index (κ1) is 22.7. The van der Waals surface area contributed by atoms with E-state index in [2.05, 4.69) is 11.4 Å². The van der Waals surface area contributed by atoms with Gasteiger partial charge in [0.1, 0.15) is 23.5 Å². The van der Waals surface area contributed by atoms with Gasteiger partial charge >= 0.3 is 5.97 Å². The molecule has 1 aliphatic carbocycles. The van der Waals surface area contributed by atoms with Crippen LogP contribution in [-0.2, 0) is 9.59 Å². The van der Waals surface area contributed by atoms with Crippen LogP contribution in [0, 0.1) is 16.7 Å². The third-order valence-electron chi connectivity index (χ3n) is 5.39. The summed E-state index contributed by atoms with van der Waals surface area (Å²) in [6.45, 7) is 3.10. The molecule has 0 saturated heterocycles. The SMILES string of the molecule is CC(=O)N[C@@H](CS[C@@H]1CC(O)=CC2=C(C#N)C(=N)N(c3cccc(Cl)c3)[C@@]21C)C(=O)O. The van der Waals surface area contributed by atoms with Crippen LogP contribution < -0.4 is 10.2 Å². The maximum atomic E-state index is 11.6. The number of allylic oxidation sites excluding steroid dienone is 1. The molecule has 162 valence electrons. The summed E-state index contributed by atoms with van der Waals surface area (Å²) in [5, 5.41) is 40.7. The first-order valence-electron chi connectivity index (χ1n) is 9.40. The van der Waals surface area contributed by atoms with Crippen molar-refractivity contribution in [3.63, 3.8) is 0 Å². The number of nitrogens with zero attached hydrogens (tertiary/aromatic N) is 2. The lowest BCUT2D eigenvalue weighted by molar-refractivity contribution is -0.140. The summed E-state index contributed by atoms with van der Waals surface area (Å²) >= 11 is 7.43. The molecule has 0 radical (unpaired) electrons. The molecule has 1 heterocycles. The van der Waals surface area contributed by atoms with Crippen LogP contribution >= 0.6 is 23.4 Å². The molecular formula is C21H21ClN4O4S. The fourth-order valence-electron chi connectivity index (χ4n) is 3.97. The van der Waals surface area contributed by atoms with Gasteiger partial charge < -0.3 is 20.4 Å². The fourth-order valence-corrected chi connectivity index (χ4v) is 5.66. The molecule has 0 fully saturated rings. The molecule has 1 aromatic rings. The van der Waals surface area contributed by atoms with Crippen molar-refractivity contribution < 1.29 is 19.8 Å². The molecule has 0 spiro atoms. The van der Waals surface area contributed by atoms with Crippen LogP contribution in [0.3, 0.4) is 0 Å². The fraction of sp³-hybridized carbons (Fsp3) is 0.333. The molecule has 0 bridgehead atoms. The van der Waals surface area contributed by atoms with E-state index in [-0.39, 0.29) is 29.3 Å². The highest BCUT2D eigenvalue weighted by Gasteiger charge is 2.53. The van der Waals surface area contributed by atoms with Crippen LogP contribution in [-0.4, -0.2) is 50.5 Å². The first-order chi connectivity index (χ1) is 14.6. The summed E-state index contributed by atoms with van der Waals surface area (Å²) in [7, 11) is 0. The molecule has 4 N–H and O–H groups in total. The Kier molecular flexibility index (Phi) is 6.34. The van der Waals surface area contributed by atoms with E-state index in [1.807, 2.05) is 6.92 Å². The largest absolute Gasteiger partial charge is 0.512 e. The number of carbonyl (C=O) groups is 2. The van der Waals surface area contributed by atoms with Gasteiger partial charge in [0.25, 0.3) is 0 Å². The number of nitrogens with one attached hydrogen (secondary N) is 2. The van der Waals surface area contributed by atoms with Crippen molar-refractivity contribution in [3.8, 4) is 6.07 Å². The van der Waals surface area contributed by atoms with Crippen LogP contribution in [0.5, 0.6) is 0 Å². The average Bonchev–Trinajstić information content (AvgIpc) is 2.90. The molecule has 8 nitrogen and oxygen atoms in total. The summed E-state index contributed by atoms with van der Waals surface area (Å²) in [6, 6.07) is 7.88. The summed E-state index contributed by atoms with van der Waals surface area (Å²) in [5.74, 6) is -1.54. The molecular weight excluding hydrogens is 440 g/mol. The Bertz CT molecular complexity index is 1060. The van der Waals surface area contributed by atoms with Crippen molar-refractivity contribution in [1.29, 1.82) is 10.7 Å². The molecule has 10 heteroatoms. The summed E-state index contributed by atoms with van der Waals surface area (Å²) in [6.07, 6.45) is 1.72. The van der Waals surface area contributed by atoms with Crippen LogP contribution in [0.2, 0.25) is 5.02 Å². The van der Waals surface area contributed by atoms with E-state index in [0.717, 1.165) is 0 Å². The third-order valence-corrected chi connectivity index (χ3v) is 7.18. The van der Waals surface area contributed by atoms with Crippen molar-refractivity contribution in [3.05, 3.63) is 52.3 Å². The zero-order valence-corrected chi connectivity index (χ0v) is 18.4. The number of carboxylic acid groups (broad SMARTS) is 1. The van der Waals surface area contributed by atoms with E-state index in [4.69, 9.17) is 17.0 Å². The highest BCUT2D eigenvalue weighted by molar-refractivity contribution is 8.00. The van der Waals surface area contributed by atoms with Gasteiger partial charge in [0, 0.05) is 40.6 Å². The van der Waals surface area contributed by atoms with Gasteiger partial charge in [-0.2, -0.15) is 17.0 Å². The molecule has 2 aliphatic rings. The average molecular weight is 461 g/mol. The number of halogens is 1. The maximum absolute atomic E-state index is 11.6. The molecule has 0 unspecified atom stereocenters. The second kappa shape index (κ2) is 8.65. The number of aliphatic hydroxyl groups is 1. The Balaban J connectivity index is 2.04. The van der Waals surface area contributed by atoms with Gasteiger partial charge in [-0.25, -0.2) is 4.79 Å². The Morgan fingerprint density at radius 3 is 2.81 bits per heavy atom. The normalized spacial score (nSPS) is 23.7. The van der Waals surface area contributed by atoms with Gasteiger partial charge in [-0.05, 0) is 31.2 Å². The zero-order valence-electron chi connectivity index (χ0n) is 16.8. The molecule has 31 heavy (non-hydrogen) atoms. The number of benzene rings is 1. The number of fused-ring (bicyclic) bond motifs is 1. The van der Waals surface area contributed by atoms with Crippen molar-refractivity contribution >= 4 is 46.8 Å². The van der Waals surface area contributed by atoms with Gasteiger partial charge in [0.05, 0.1) is 11.3 Å². The maximum Gasteiger partial charge on any atom is 0.327 e. The second-order valence-corrected chi connectivity index (χ2v) is 9.14. The van der Waals surface area contributed by atoms with Gasteiger partial charge in [-0.1, -0.05) is 17.7 Å². The van der Waals surface area contributed by atoms with Crippen molar-refractivity contribution in [2.45, 2.75) is 37.1 Å². The van der Waals surface area contributed by atoms with Crippen LogP contribution in [0.4, 0.5) is 5.69 Å². The lowest BCUT2D eigenvalue weighted by Crippen LogP contribution is -2.55. The zero-order chi connectivity index (χ0) is 22.9. The number of carboxylic acids is 1. The molecule has 0 saturated carbocycles. The standard InChI is InChI=1S/C21H21ClN4O4S/c1-11(27)25-17(20(29)30)10-31-18-8-14(28)7-16-15(9-23)19(24)26(21(16,18)2)13-5-3-4-12(22)6-13/h3-7,17-18,24,28H,8,10H2,1-2H3,(H,25,27)(H,29,30)/t17-,18+,21-/m0/s1. The molecule has 1 amide bonds. The number of thioether (sulfide) groups is 1. The van der Waals surface area contributed by atoms with E-state index >= 15 is 0 Å². The number of rotatable bonds is 6. The molecule has 3 atom stereocenters. The smallest absolute Gasteiger partial charge is 0.327 e. The highest BCUT2D eigenvalue weighted by atomic mass is 35.5. The predicted octanol–water partition coefficient (Wildman–Crippen LogP) is 3.25. The Morgan fingerprint density at radius 2 is 2.23 bits per heavy atom. The first-order valence-corrected chi connectivity index (χ1v) is 10.8. The van der Waals surface area contributed by atoms with Gasteiger partial charge in [-0.3, -0.25) is 10.2 Å². The monoisotopic (exact) mass is 460 g/mol. The molecule has 3 rings (SSSR count). The highest BCUT2D eigenvalue weighted by Crippen LogP contribution is 2.50. The number of amides is 1. The molecule has 1 aliphatic heterocycles. The van der Waals surface area contributed by atoms with Gasteiger partial charge in [-0.15, -0.1) is 0 Å². The number of anilines is 1. The number of carbonyl (C=O) groups excluding carboxylic acids is 1. The number of aliphatic carboxylic acids is 1. The second-order valence-electron chi connectivity index (χ2n) is 7.47. The van der Waals surface area contributed by atoms with Gasteiger partial charge in [0.15, 0.2) is 0 Å². The van der Waals surface area contributed by atoms with Crippen LogP contribution in [0.25, 0.3) is 0 Å². The Morgan fingerprint density at radius 1 is 1.52 bits per heavy atom. The van der Waals surface area contributed by atoms with E-state index in [1.165, 1.54) is 24.8 Å². The van der Waals surface area contributed by atoms with Gasteiger partial charge in [0.2, 0.25) is 5.91 Å². The molecule has 0 aromatic heterocycles. The molecule has 1 aromatic carbocycles. The number of hydrogen-bond donors (Lipinski definition) is 4. The minimum Gasteiger partial charge on any atom is -0.512 e. The lowest BCUT2D eigenvalue weighted by Gasteiger charge is -2.45. The third kappa shape index (κ3) is 4.13. The number of nitriles is 1. The quantitative estimate of drug-likeness (QED) is 0.511. The number of aliphatic hydroxyl groups excluding tert-OH is 1.